The van der Waals surface area contributed by atoms with Gasteiger partial charge in [0, 0.05) is 3.57 Å². The smallest absolute Gasteiger partial charge is 0.184 e. The fourth-order valence-corrected chi connectivity index (χ4v) is 2.89. The Morgan fingerprint density at radius 3 is 2.48 bits per heavy atom. The van der Waals surface area contributed by atoms with Crippen molar-refractivity contribution in [3.63, 3.8) is 0 Å². The highest BCUT2D eigenvalue weighted by molar-refractivity contribution is 14.1. The van der Waals surface area contributed by atoms with Crippen molar-refractivity contribution in [3.8, 4) is 0 Å². The zero-order chi connectivity index (χ0) is 18.8. The molecule has 0 heterocycles. The molecular weight excluding hydrogens is 443 g/mol. The largest absolute Gasteiger partial charge is 0.394 e. The lowest BCUT2D eigenvalue weighted by Gasteiger charge is -2.36. The van der Waals surface area contributed by atoms with Crippen LogP contribution in [0.15, 0.2) is 36.4 Å². The lowest BCUT2D eigenvalue weighted by molar-refractivity contribution is -0.116. The minimum Gasteiger partial charge on any atom is -0.394 e. The molecule has 2 N–H and O–H groups in total. The summed E-state index contributed by atoms with van der Waals surface area (Å²) < 4.78 is 29.1. The lowest BCUT2D eigenvalue weighted by Crippen LogP contribution is -2.45. The van der Waals surface area contributed by atoms with Gasteiger partial charge < -0.3 is 10.2 Å². The molecule has 0 fully saturated rings. The van der Waals surface area contributed by atoms with Crippen molar-refractivity contribution in [2.24, 2.45) is 0 Å². The first-order chi connectivity index (χ1) is 11.7. The molecule has 1 atom stereocenters. The third kappa shape index (κ3) is 4.46. The quantitative estimate of drug-likeness (QED) is 0.501. The fraction of sp³-hybridized carbons (Fsp3) is 0.333. The highest BCUT2D eigenvalue weighted by Crippen LogP contribution is 2.35. The van der Waals surface area contributed by atoms with Gasteiger partial charge in [0.05, 0.1) is 12.3 Å². The summed E-state index contributed by atoms with van der Waals surface area (Å²) in [6, 6.07) is 9.19. The Hall–Kier alpha value is -1.29. The molecule has 2 rings (SSSR count). The third-order valence-corrected chi connectivity index (χ3v) is 4.50. The predicted octanol–water partition coefficient (Wildman–Crippen LogP) is 4.08. The van der Waals surface area contributed by atoms with E-state index in [9.17, 15) is 19.0 Å². The van der Waals surface area contributed by atoms with Crippen LogP contribution in [0.25, 0.3) is 0 Å². The summed E-state index contributed by atoms with van der Waals surface area (Å²) in [7, 11) is 0. The van der Waals surface area contributed by atoms with Crippen LogP contribution in [0.3, 0.4) is 0 Å². The summed E-state index contributed by atoms with van der Waals surface area (Å²) in [5.41, 5.74) is -0.0846. The standard InChI is InChI=1S/C18H20F2INO3/c1-11-9-12(21)7-8-14(11)22(25-18(2,3)16(24)10-23)15-6-4-5-13(19)17(15)20/h4-9,16,23-24H,10H2,1-3H3. The predicted molar refractivity (Wildman–Crippen MR) is 101 cm³/mol. The minimum absolute atomic E-state index is 0.123. The van der Waals surface area contributed by atoms with Gasteiger partial charge >= 0.3 is 0 Å². The molecule has 136 valence electrons. The van der Waals surface area contributed by atoms with Gasteiger partial charge in [0.15, 0.2) is 11.6 Å². The number of hydrogen-bond acceptors (Lipinski definition) is 4. The van der Waals surface area contributed by atoms with Gasteiger partial charge in [-0.3, -0.25) is 4.84 Å². The van der Waals surface area contributed by atoms with Crippen molar-refractivity contribution in [1.82, 2.24) is 0 Å². The average Bonchev–Trinajstić information content (AvgIpc) is 2.55. The highest BCUT2D eigenvalue weighted by atomic mass is 127. The molecule has 0 radical (unpaired) electrons. The molecule has 2 aromatic rings. The van der Waals surface area contributed by atoms with Crippen LogP contribution in [0.1, 0.15) is 19.4 Å². The van der Waals surface area contributed by atoms with E-state index < -0.39 is 29.9 Å². The van der Waals surface area contributed by atoms with Crippen LogP contribution in [-0.4, -0.2) is 28.5 Å². The molecule has 0 aliphatic heterocycles. The van der Waals surface area contributed by atoms with Gasteiger partial charge in [-0.2, -0.15) is 0 Å². The summed E-state index contributed by atoms with van der Waals surface area (Å²) in [4.78, 5) is 5.83. The van der Waals surface area contributed by atoms with Crippen LogP contribution >= 0.6 is 22.6 Å². The lowest BCUT2D eigenvalue weighted by atomic mass is 10.0. The Morgan fingerprint density at radius 1 is 1.20 bits per heavy atom. The Balaban J connectivity index is 2.57. The number of rotatable bonds is 6. The second kappa shape index (κ2) is 7.94. The van der Waals surface area contributed by atoms with Gasteiger partial charge in [-0.15, -0.1) is 0 Å². The number of aryl methyl sites for hydroxylation is 1. The number of benzene rings is 2. The number of hydrogen-bond donors (Lipinski definition) is 2. The molecule has 1 unspecified atom stereocenters. The molecule has 0 aliphatic rings. The molecule has 0 saturated heterocycles. The average molecular weight is 463 g/mol. The van der Waals surface area contributed by atoms with Gasteiger partial charge in [-0.25, -0.2) is 13.8 Å². The molecule has 0 aliphatic carbocycles. The van der Waals surface area contributed by atoms with Crippen molar-refractivity contribution < 1.29 is 23.8 Å². The van der Waals surface area contributed by atoms with E-state index in [1.807, 2.05) is 19.1 Å². The molecule has 0 bridgehead atoms. The highest BCUT2D eigenvalue weighted by Gasteiger charge is 2.33. The van der Waals surface area contributed by atoms with Crippen LogP contribution in [0.4, 0.5) is 20.2 Å². The van der Waals surface area contributed by atoms with Crippen molar-refractivity contribution in [2.75, 3.05) is 11.7 Å². The molecule has 0 aromatic heterocycles. The first kappa shape index (κ1) is 20.0. The fourth-order valence-electron chi connectivity index (χ4n) is 2.24. The monoisotopic (exact) mass is 463 g/mol. The van der Waals surface area contributed by atoms with Crippen LogP contribution in [0.2, 0.25) is 0 Å². The van der Waals surface area contributed by atoms with E-state index in [1.54, 1.807) is 19.9 Å². The molecule has 0 spiro atoms. The first-order valence-corrected chi connectivity index (χ1v) is 8.73. The van der Waals surface area contributed by atoms with Gasteiger partial charge in [0.2, 0.25) is 0 Å². The molecule has 0 amide bonds. The van der Waals surface area contributed by atoms with E-state index in [1.165, 1.54) is 12.1 Å². The van der Waals surface area contributed by atoms with Gasteiger partial charge in [0.25, 0.3) is 0 Å². The minimum atomic E-state index is -1.25. The van der Waals surface area contributed by atoms with E-state index in [4.69, 9.17) is 4.84 Å². The SMILES string of the molecule is Cc1cc(I)ccc1N(OC(C)(C)C(O)CO)c1cccc(F)c1F. The van der Waals surface area contributed by atoms with Crippen LogP contribution in [0.5, 0.6) is 0 Å². The number of nitrogens with zero attached hydrogens (tertiary/aromatic N) is 1. The van der Waals surface area contributed by atoms with Gasteiger partial charge in [-0.1, -0.05) is 6.07 Å². The zero-order valence-electron chi connectivity index (χ0n) is 14.1. The van der Waals surface area contributed by atoms with Crippen molar-refractivity contribution in [1.29, 1.82) is 0 Å². The normalized spacial score (nSPS) is 13.0. The topological polar surface area (TPSA) is 52.9 Å². The molecule has 0 saturated carbocycles. The second-order valence-electron chi connectivity index (χ2n) is 6.19. The Morgan fingerprint density at radius 2 is 1.88 bits per heavy atom. The number of halogens is 3. The van der Waals surface area contributed by atoms with Crippen LogP contribution in [0, 0.1) is 22.1 Å². The van der Waals surface area contributed by atoms with E-state index in [0.29, 0.717) is 5.69 Å². The van der Waals surface area contributed by atoms with Crippen molar-refractivity contribution in [2.45, 2.75) is 32.5 Å². The van der Waals surface area contributed by atoms with Crippen LogP contribution in [-0.2, 0) is 4.84 Å². The Bertz CT molecular complexity index is 755. The number of aliphatic hydroxyl groups excluding tert-OH is 2. The van der Waals surface area contributed by atoms with Crippen molar-refractivity contribution in [3.05, 3.63) is 57.2 Å². The summed E-state index contributed by atoms with van der Waals surface area (Å²) >= 11 is 2.15. The maximum atomic E-state index is 14.4. The van der Waals surface area contributed by atoms with Crippen LogP contribution < -0.4 is 5.06 Å². The number of anilines is 2. The van der Waals surface area contributed by atoms with E-state index in [0.717, 1.165) is 20.3 Å². The Kier molecular flexibility index (Phi) is 6.36. The summed E-state index contributed by atoms with van der Waals surface area (Å²) in [6.45, 7) is 4.40. The summed E-state index contributed by atoms with van der Waals surface area (Å²) in [6.07, 6.45) is -1.21. The summed E-state index contributed by atoms with van der Waals surface area (Å²) in [5, 5.41) is 20.4. The molecule has 25 heavy (non-hydrogen) atoms. The van der Waals surface area contributed by atoms with Gasteiger partial charge in [0.1, 0.15) is 17.4 Å². The third-order valence-electron chi connectivity index (χ3n) is 3.83. The molecule has 2 aromatic carbocycles. The Labute approximate surface area is 159 Å². The maximum Gasteiger partial charge on any atom is 0.184 e. The first-order valence-electron chi connectivity index (χ1n) is 7.65. The summed E-state index contributed by atoms with van der Waals surface area (Å²) in [5.74, 6) is -2.07. The molecule has 4 nitrogen and oxygen atoms in total. The zero-order valence-corrected chi connectivity index (χ0v) is 16.3. The van der Waals surface area contributed by atoms with E-state index in [2.05, 4.69) is 22.6 Å². The van der Waals surface area contributed by atoms with E-state index >= 15 is 0 Å². The second-order valence-corrected chi connectivity index (χ2v) is 7.44. The molecule has 7 heteroatoms. The maximum absolute atomic E-state index is 14.4. The van der Waals surface area contributed by atoms with Gasteiger partial charge in [-0.05, 0) is 79.3 Å². The van der Waals surface area contributed by atoms with E-state index in [-0.39, 0.29) is 5.69 Å². The number of aliphatic hydroxyl groups is 2. The molecular formula is C18H20F2INO3. The van der Waals surface area contributed by atoms with Crippen molar-refractivity contribution >= 4 is 34.0 Å².